The molecule has 0 spiro atoms. The number of anilines is 1. The van der Waals surface area contributed by atoms with Crippen LogP contribution < -0.4 is 5.32 Å². The molecule has 2 nitrogen and oxygen atoms in total. The van der Waals surface area contributed by atoms with Crippen molar-refractivity contribution >= 4 is 23.2 Å². The third-order valence-electron chi connectivity index (χ3n) is 2.54. The summed E-state index contributed by atoms with van der Waals surface area (Å²) in [6, 6.07) is 8.05. The number of hydrogen-bond donors (Lipinski definition) is 1. The predicted octanol–water partition coefficient (Wildman–Crippen LogP) is 3.85. The van der Waals surface area contributed by atoms with Crippen molar-refractivity contribution < 1.29 is 13.6 Å². The molecular weight excluding hydrogens is 284 g/mol. The Morgan fingerprint density at radius 2 is 1.90 bits per heavy atom. The standard InChI is InChI=1S/C15H8ClF2NO/c1-2-9-4-3-5-10(6-9)19-15(20)11-7-13(17)14(18)8-12(11)16/h1,3-8H,(H,19,20). The molecule has 0 atom stereocenters. The predicted molar refractivity (Wildman–Crippen MR) is 73.7 cm³/mol. The molecule has 0 radical (unpaired) electrons. The fourth-order valence-corrected chi connectivity index (χ4v) is 1.82. The fourth-order valence-electron chi connectivity index (χ4n) is 1.58. The van der Waals surface area contributed by atoms with Gasteiger partial charge in [0.05, 0.1) is 10.6 Å². The molecule has 0 aliphatic carbocycles. The summed E-state index contributed by atoms with van der Waals surface area (Å²) in [5, 5.41) is 2.34. The molecule has 0 saturated carbocycles. The minimum atomic E-state index is -1.14. The molecule has 0 aliphatic rings. The zero-order valence-corrected chi connectivity index (χ0v) is 10.8. The maximum Gasteiger partial charge on any atom is 0.257 e. The summed E-state index contributed by atoms with van der Waals surface area (Å²) in [7, 11) is 0. The summed E-state index contributed by atoms with van der Waals surface area (Å²) in [6.45, 7) is 0. The topological polar surface area (TPSA) is 29.1 Å². The zero-order valence-electron chi connectivity index (χ0n) is 10.1. The van der Waals surface area contributed by atoms with Crippen molar-refractivity contribution in [1.82, 2.24) is 0 Å². The van der Waals surface area contributed by atoms with Gasteiger partial charge in [0.2, 0.25) is 0 Å². The molecule has 2 aromatic carbocycles. The minimum absolute atomic E-state index is 0.156. The Labute approximate surface area is 119 Å². The van der Waals surface area contributed by atoms with Gasteiger partial charge in [-0.15, -0.1) is 6.42 Å². The van der Waals surface area contributed by atoms with Gasteiger partial charge in [-0.05, 0) is 30.3 Å². The van der Waals surface area contributed by atoms with E-state index in [1.54, 1.807) is 24.3 Å². The third-order valence-corrected chi connectivity index (χ3v) is 2.85. The van der Waals surface area contributed by atoms with Crippen LogP contribution in [-0.2, 0) is 0 Å². The van der Waals surface area contributed by atoms with Crippen molar-refractivity contribution in [3.05, 3.63) is 64.2 Å². The van der Waals surface area contributed by atoms with Crippen LogP contribution in [0.25, 0.3) is 0 Å². The van der Waals surface area contributed by atoms with E-state index < -0.39 is 17.5 Å². The maximum absolute atomic E-state index is 13.1. The van der Waals surface area contributed by atoms with Crippen LogP contribution in [0.2, 0.25) is 5.02 Å². The molecule has 0 unspecified atom stereocenters. The summed E-state index contributed by atoms with van der Waals surface area (Å²) in [5.74, 6) is -0.481. The highest BCUT2D eigenvalue weighted by Gasteiger charge is 2.15. The Morgan fingerprint density at radius 1 is 1.20 bits per heavy atom. The molecule has 0 fully saturated rings. The Morgan fingerprint density at radius 3 is 2.60 bits per heavy atom. The third kappa shape index (κ3) is 2.95. The van der Waals surface area contributed by atoms with E-state index >= 15 is 0 Å². The van der Waals surface area contributed by atoms with E-state index in [0.717, 1.165) is 12.1 Å². The molecule has 5 heteroatoms. The number of carbonyl (C=O) groups is 1. The Hall–Kier alpha value is -2.38. The molecule has 0 saturated heterocycles. The molecule has 2 rings (SSSR count). The maximum atomic E-state index is 13.1. The van der Waals surface area contributed by atoms with Crippen molar-refractivity contribution in [3.63, 3.8) is 0 Å². The van der Waals surface area contributed by atoms with Gasteiger partial charge in [0, 0.05) is 11.3 Å². The number of carbonyl (C=O) groups excluding carboxylic acids is 1. The van der Waals surface area contributed by atoms with Gasteiger partial charge in [0.1, 0.15) is 0 Å². The van der Waals surface area contributed by atoms with Crippen molar-refractivity contribution in [1.29, 1.82) is 0 Å². The molecule has 20 heavy (non-hydrogen) atoms. The van der Waals surface area contributed by atoms with Gasteiger partial charge in [0.25, 0.3) is 5.91 Å². The van der Waals surface area contributed by atoms with Crippen molar-refractivity contribution in [2.75, 3.05) is 5.32 Å². The quantitative estimate of drug-likeness (QED) is 0.661. The summed E-state index contributed by atoms with van der Waals surface area (Å²) in [5.41, 5.74) is 0.863. The van der Waals surface area contributed by atoms with Gasteiger partial charge in [-0.3, -0.25) is 4.79 Å². The van der Waals surface area contributed by atoms with Crippen LogP contribution in [0.5, 0.6) is 0 Å². The molecule has 1 amide bonds. The van der Waals surface area contributed by atoms with Gasteiger partial charge >= 0.3 is 0 Å². The number of halogens is 3. The highest BCUT2D eigenvalue weighted by Crippen LogP contribution is 2.21. The van der Waals surface area contributed by atoms with Crippen LogP contribution in [0.4, 0.5) is 14.5 Å². The number of hydrogen-bond acceptors (Lipinski definition) is 1. The average molecular weight is 292 g/mol. The molecule has 0 bridgehead atoms. The van der Waals surface area contributed by atoms with Crippen molar-refractivity contribution in [2.45, 2.75) is 0 Å². The van der Waals surface area contributed by atoms with Crippen LogP contribution in [0, 0.1) is 24.0 Å². The van der Waals surface area contributed by atoms with Gasteiger partial charge in [0.15, 0.2) is 11.6 Å². The van der Waals surface area contributed by atoms with E-state index in [1.807, 2.05) is 0 Å². The molecule has 100 valence electrons. The van der Waals surface area contributed by atoms with Gasteiger partial charge in [-0.1, -0.05) is 23.6 Å². The summed E-state index contributed by atoms with van der Waals surface area (Å²) >= 11 is 5.72. The molecular formula is C15H8ClF2NO. The molecule has 2 aromatic rings. The number of benzene rings is 2. The Bertz CT molecular complexity index is 722. The van der Waals surface area contributed by atoms with Crippen LogP contribution >= 0.6 is 11.6 Å². The first-order valence-electron chi connectivity index (χ1n) is 5.54. The first-order valence-corrected chi connectivity index (χ1v) is 5.91. The van der Waals surface area contributed by atoms with E-state index in [0.29, 0.717) is 11.3 Å². The van der Waals surface area contributed by atoms with E-state index in [2.05, 4.69) is 11.2 Å². The number of amides is 1. The second-order valence-corrected chi connectivity index (χ2v) is 4.33. The van der Waals surface area contributed by atoms with Gasteiger partial charge in [-0.25, -0.2) is 8.78 Å². The number of terminal acetylenes is 1. The zero-order chi connectivity index (χ0) is 14.7. The summed E-state index contributed by atoms with van der Waals surface area (Å²) in [6.07, 6.45) is 5.25. The molecule has 0 heterocycles. The molecule has 0 aliphatic heterocycles. The fraction of sp³-hybridized carbons (Fsp3) is 0. The lowest BCUT2D eigenvalue weighted by Gasteiger charge is -2.07. The minimum Gasteiger partial charge on any atom is -0.322 e. The first kappa shape index (κ1) is 14.0. The normalized spacial score (nSPS) is 9.90. The van der Waals surface area contributed by atoms with Gasteiger partial charge < -0.3 is 5.32 Å². The van der Waals surface area contributed by atoms with Crippen LogP contribution in [0.15, 0.2) is 36.4 Å². The lowest BCUT2D eigenvalue weighted by molar-refractivity contribution is 0.102. The highest BCUT2D eigenvalue weighted by atomic mass is 35.5. The van der Waals surface area contributed by atoms with Crippen LogP contribution in [0.1, 0.15) is 15.9 Å². The lowest BCUT2D eigenvalue weighted by Crippen LogP contribution is -2.13. The number of nitrogens with one attached hydrogen (secondary N) is 1. The lowest BCUT2D eigenvalue weighted by atomic mass is 10.1. The Kier molecular flexibility index (Phi) is 4.02. The second kappa shape index (κ2) is 5.72. The van der Waals surface area contributed by atoms with Crippen LogP contribution in [0.3, 0.4) is 0 Å². The Balaban J connectivity index is 2.28. The number of rotatable bonds is 2. The van der Waals surface area contributed by atoms with E-state index in [4.69, 9.17) is 18.0 Å². The van der Waals surface area contributed by atoms with E-state index in [-0.39, 0.29) is 10.6 Å². The van der Waals surface area contributed by atoms with Crippen LogP contribution in [-0.4, -0.2) is 5.91 Å². The molecule has 1 N–H and O–H groups in total. The summed E-state index contributed by atoms with van der Waals surface area (Å²) < 4.78 is 26.1. The van der Waals surface area contributed by atoms with Crippen molar-refractivity contribution in [2.24, 2.45) is 0 Å². The smallest absolute Gasteiger partial charge is 0.257 e. The second-order valence-electron chi connectivity index (χ2n) is 3.93. The summed E-state index contributed by atoms with van der Waals surface area (Å²) in [4.78, 5) is 12.0. The van der Waals surface area contributed by atoms with E-state index in [9.17, 15) is 13.6 Å². The molecule has 0 aromatic heterocycles. The SMILES string of the molecule is C#Cc1cccc(NC(=O)c2cc(F)c(F)cc2Cl)c1. The highest BCUT2D eigenvalue weighted by molar-refractivity contribution is 6.34. The largest absolute Gasteiger partial charge is 0.322 e. The monoisotopic (exact) mass is 291 g/mol. The first-order chi connectivity index (χ1) is 9.51. The average Bonchev–Trinajstić information content (AvgIpc) is 2.43. The van der Waals surface area contributed by atoms with Crippen molar-refractivity contribution in [3.8, 4) is 12.3 Å². The van der Waals surface area contributed by atoms with Gasteiger partial charge in [-0.2, -0.15) is 0 Å². The van der Waals surface area contributed by atoms with E-state index in [1.165, 1.54) is 0 Å².